The number of amides is 1. The second-order valence-electron chi connectivity index (χ2n) is 5.45. The van der Waals surface area contributed by atoms with Gasteiger partial charge in [-0.3, -0.25) is 4.79 Å². The topological polar surface area (TPSA) is 55.4 Å². The SMILES string of the molecule is CCCOC(=O)c1c(NC(=O)c2cccc(C)c2)sc(C)c1C. The summed E-state index contributed by atoms with van der Waals surface area (Å²) in [6.07, 6.45) is 0.763. The first-order valence-electron chi connectivity index (χ1n) is 7.59. The molecule has 1 amide bonds. The molecule has 0 fully saturated rings. The number of aryl methyl sites for hydroxylation is 2. The van der Waals surface area contributed by atoms with Crippen molar-refractivity contribution >= 4 is 28.2 Å². The van der Waals surface area contributed by atoms with Crippen molar-refractivity contribution < 1.29 is 14.3 Å². The van der Waals surface area contributed by atoms with Crippen LogP contribution in [0.15, 0.2) is 24.3 Å². The normalized spacial score (nSPS) is 10.4. The van der Waals surface area contributed by atoms with Crippen molar-refractivity contribution in [2.24, 2.45) is 0 Å². The van der Waals surface area contributed by atoms with Gasteiger partial charge in [-0.15, -0.1) is 11.3 Å². The van der Waals surface area contributed by atoms with Crippen LogP contribution in [0.2, 0.25) is 0 Å². The molecule has 1 heterocycles. The van der Waals surface area contributed by atoms with E-state index >= 15 is 0 Å². The summed E-state index contributed by atoms with van der Waals surface area (Å²) >= 11 is 1.40. The van der Waals surface area contributed by atoms with E-state index in [0.29, 0.717) is 22.7 Å². The van der Waals surface area contributed by atoms with E-state index in [0.717, 1.165) is 22.4 Å². The van der Waals surface area contributed by atoms with Gasteiger partial charge in [-0.25, -0.2) is 4.79 Å². The largest absolute Gasteiger partial charge is 0.462 e. The molecule has 0 atom stereocenters. The molecular weight excluding hydrogens is 310 g/mol. The summed E-state index contributed by atoms with van der Waals surface area (Å²) < 4.78 is 5.23. The van der Waals surface area contributed by atoms with Crippen LogP contribution in [0.1, 0.15) is 50.1 Å². The number of hydrogen-bond acceptors (Lipinski definition) is 4. The average Bonchev–Trinajstić information content (AvgIpc) is 2.79. The number of carbonyl (C=O) groups excluding carboxylic acids is 2. The molecule has 0 aliphatic heterocycles. The first-order valence-corrected chi connectivity index (χ1v) is 8.40. The fourth-order valence-corrected chi connectivity index (χ4v) is 3.23. The maximum absolute atomic E-state index is 12.4. The van der Waals surface area contributed by atoms with Gasteiger partial charge in [0.25, 0.3) is 5.91 Å². The number of anilines is 1. The van der Waals surface area contributed by atoms with Gasteiger partial charge in [-0.1, -0.05) is 24.6 Å². The Morgan fingerprint density at radius 2 is 1.96 bits per heavy atom. The van der Waals surface area contributed by atoms with Crippen LogP contribution in [0, 0.1) is 20.8 Å². The Morgan fingerprint density at radius 1 is 1.22 bits per heavy atom. The highest BCUT2D eigenvalue weighted by molar-refractivity contribution is 7.16. The number of nitrogens with one attached hydrogen (secondary N) is 1. The first-order chi connectivity index (χ1) is 10.9. The molecule has 0 bridgehead atoms. The van der Waals surface area contributed by atoms with E-state index in [2.05, 4.69) is 5.32 Å². The number of rotatable bonds is 5. The minimum absolute atomic E-state index is 0.223. The van der Waals surface area contributed by atoms with Crippen LogP contribution >= 0.6 is 11.3 Å². The Kier molecular flexibility index (Phi) is 5.55. The van der Waals surface area contributed by atoms with E-state index in [-0.39, 0.29) is 11.9 Å². The van der Waals surface area contributed by atoms with Crippen molar-refractivity contribution in [3.8, 4) is 0 Å². The van der Waals surface area contributed by atoms with E-state index in [1.807, 2.05) is 45.9 Å². The minimum atomic E-state index is -0.381. The third-order valence-corrected chi connectivity index (χ3v) is 4.66. The van der Waals surface area contributed by atoms with Gasteiger partial charge in [0, 0.05) is 10.4 Å². The molecule has 2 aromatic rings. The zero-order valence-corrected chi connectivity index (χ0v) is 14.7. The molecule has 0 unspecified atom stereocenters. The highest BCUT2D eigenvalue weighted by Crippen LogP contribution is 2.33. The Hall–Kier alpha value is -2.14. The van der Waals surface area contributed by atoms with Crippen LogP contribution in [0.3, 0.4) is 0 Å². The number of esters is 1. The molecule has 0 saturated heterocycles. The fourth-order valence-electron chi connectivity index (χ4n) is 2.19. The lowest BCUT2D eigenvalue weighted by molar-refractivity contribution is 0.0506. The van der Waals surface area contributed by atoms with Crippen LogP contribution in [-0.2, 0) is 4.74 Å². The van der Waals surface area contributed by atoms with Gasteiger partial charge in [0.15, 0.2) is 0 Å². The molecule has 5 heteroatoms. The summed E-state index contributed by atoms with van der Waals surface area (Å²) in [5.74, 6) is -0.604. The Morgan fingerprint density at radius 3 is 2.61 bits per heavy atom. The van der Waals surface area contributed by atoms with Crippen LogP contribution in [0.4, 0.5) is 5.00 Å². The van der Waals surface area contributed by atoms with Gasteiger partial charge < -0.3 is 10.1 Å². The van der Waals surface area contributed by atoms with E-state index in [4.69, 9.17) is 4.74 Å². The van der Waals surface area contributed by atoms with E-state index in [1.54, 1.807) is 6.07 Å². The molecule has 1 N–H and O–H groups in total. The summed E-state index contributed by atoms with van der Waals surface area (Å²) in [5, 5.41) is 3.40. The summed E-state index contributed by atoms with van der Waals surface area (Å²) in [5.41, 5.74) is 2.90. The summed E-state index contributed by atoms with van der Waals surface area (Å²) in [6.45, 7) is 8.05. The maximum atomic E-state index is 12.4. The Bertz CT molecular complexity index is 734. The zero-order valence-electron chi connectivity index (χ0n) is 13.9. The summed E-state index contributed by atoms with van der Waals surface area (Å²) in [7, 11) is 0. The highest BCUT2D eigenvalue weighted by Gasteiger charge is 2.22. The number of carbonyl (C=O) groups is 2. The van der Waals surface area contributed by atoms with Gasteiger partial charge in [-0.2, -0.15) is 0 Å². The highest BCUT2D eigenvalue weighted by atomic mass is 32.1. The molecule has 0 aliphatic rings. The van der Waals surface area contributed by atoms with Gasteiger partial charge in [0.1, 0.15) is 5.00 Å². The standard InChI is InChI=1S/C18H21NO3S/c1-5-9-22-18(21)15-12(3)13(4)23-17(15)19-16(20)14-8-6-7-11(2)10-14/h6-8,10H,5,9H2,1-4H3,(H,19,20). The minimum Gasteiger partial charge on any atom is -0.462 e. The van der Waals surface area contributed by atoms with Crippen molar-refractivity contribution in [2.45, 2.75) is 34.1 Å². The van der Waals surface area contributed by atoms with E-state index < -0.39 is 0 Å². The lowest BCUT2D eigenvalue weighted by Gasteiger charge is -2.08. The van der Waals surface area contributed by atoms with Crippen LogP contribution < -0.4 is 5.32 Å². The van der Waals surface area contributed by atoms with Crippen molar-refractivity contribution in [3.05, 3.63) is 51.4 Å². The van der Waals surface area contributed by atoms with E-state index in [9.17, 15) is 9.59 Å². The smallest absolute Gasteiger partial charge is 0.341 e. The lowest BCUT2D eigenvalue weighted by Crippen LogP contribution is -2.15. The molecule has 0 spiro atoms. The van der Waals surface area contributed by atoms with Gasteiger partial charge >= 0.3 is 5.97 Å². The second kappa shape index (κ2) is 7.42. The molecular formula is C18H21NO3S. The van der Waals surface area contributed by atoms with Gasteiger partial charge in [0.2, 0.25) is 0 Å². The molecule has 1 aromatic carbocycles. The number of hydrogen-bond donors (Lipinski definition) is 1. The van der Waals surface area contributed by atoms with Crippen molar-refractivity contribution in [1.82, 2.24) is 0 Å². The second-order valence-corrected chi connectivity index (χ2v) is 6.67. The van der Waals surface area contributed by atoms with Crippen molar-refractivity contribution in [3.63, 3.8) is 0 Å². The predicted octanol–water partition coefficient (Wildman–Crippen LogP) is 4.49. The predicted molar refractivity (Wildman–Crippen MR) is 93.5 cm³/mol. The molecule has 0 radical (unpaired) electrons. The van der Waals surface area contributed by atoms with Crippen LogP contribution in [0.5, 0.6) is 0 Å². The van der Waals surface area contributed by atoms with Crippen LogP contribution in [-0.4, -0.2) is 18.5 Å². The molecule has 2 rings (SSSR count). The quantitative estimate of drug-likeness (QED) is 0.821. The molecule has 0 saturated carbocycles. The van der Waals surface area contributed by atoms with Crippen LogP contribution in [0.25, 0.3) is 0 Å². The van der Waals surface area contributed by atoms with Gasteiger partial charge in [0.05, 0.1) is 12.2 Å². The maximum Gasteiger partial charge on any atom is 0.341 e. The van der Waals surface area contributed by atoms with Crippen molar-refractivity contribution in [1.29, 1.82) is 0 Å². The molecule has 122 valence electrons. The van der Waals surface area contributed by atoms with Crippen molar-refractivity contribution in [2.75, 3.05) is 11.9 Å². The summed E-state index contributed by atoms with van der Waals surface area (Å²) in [6, 6.07) is 7.35. The van der Waals surface area contributed by atoms with Gasteiger partial charge in [-0.05, 0) is 44.9 Å². The monoisotopic (exact) mass is 331 g/mol. The zero-order chi connectivity index (χ0) is 17.0. The molecule has 0 aliphatic carbocycles. The fraction of sp³-hybridized carbons (Fsp3) is 0.333. The summed E-state index contributed by atoms with van der Waals surface area (Å²) in [4.78, 5) is 25.7. The molecule has 4 nitrogen and oxygen atoms in total. The number of ether oxygens (including phenoxy) is 1. The number of thiophene rings is 1. The Balaban J connectivity index is 2.27. The lowest BCUT2D eigenvalue weighted by atomic mass is 10.1. The number of benzene rings is 1. The molecule has 23 heavy (non-hydrogen) atoms. The Labute approximate surface area is 140 Å². The third kappa shape index (κ3) is 3.99. The molecule has 1 aromatic heterocycles. The third-order valence-electron chi connectivity index (χ3n) is 3.53. The van der Waals surface area contributed by atoms with E-state index in [1.165, 1.54) is 11.3 Å². The first kappa shape index (κ1) is 17.2. The average molecular weight is 331 g/mol.